The molecule has 1 aromatic heterocycles. The Hall–Kier alpha value is -0.380. The summed E-state index contributed by atoms with van der Waals surface area (Å²) in [6.07, 6.45) is 2.49. The lowest BCUT2D eigenvalue weighted by Gasteiger charge is -2.31. The monoisotopic (exact) mass is 239 g/mol. The maximum atomic E-state index is 5.61. The highest BCUT2D eigenvalue weighted by molar-refractivity contribution is 7.08. The number of nitrogens with one attached hydrogen (secondary N) is 1. The Morgan fingerprint density at radius 3 is 3.00 bits per heavy atom. The first-order chi connectivity index (χ1) is 7.83. The van der Waals surface area contributed by atoms with Crippen LogP contribution in [0.25, 0.3) is 0 Å². The van der Waals surface area contributed by atoms with Crippen LogP contribution in [0.1, 0.15) is 36.9 Å². The van der Waals surface area contributed by atoms with Gasteiger partial charge in [-0.25, -0.2) is 0 Å². The molecule has 2 rings (SSSR count). The molecule has 90 valence electrons. The molecule has 1 saturated heterocycles. The number of ether oxygens (including phenoxy) is 1. The van der Waals surface area contributed by atoms with Crippen molar-refractivity contribution in [2.75, 3.05) is 19.8 Å². The van der Waals surface area contributed by atoms with Gasteiger partial charge >= 0.3 is 0 Å². The van der Waals surface area contributed by atoms with E-state index in [9.17, 15) is 0 Å². The van der Waals surface area contributed by atoms with E-state index < -0.39 is 0 Å². The molecular weight excluding hydrogens is 218 g/mol. The highest BCUT2D eigenvalue weighted by Crippen LogP contribution is 2.32. The summed E-state index contributed by atoms with van der Waals surface area (Å²) >= 11 is 1.80. The van der Waals surface area contributed by atoms with Gasteiger partial charge in [0.05, 0.1) is 6.61 Å². The van der Waals surface area contributed by atoms with E-state index in [4.69, 9.17) is 4.74 Å². The number of thiophene rings is 1. The normalized spacial score (nSPS) is 23.2. The van der Waals surface area contributed by atoms with Crippen molar-refractivity contribution in [3.8, 4) is 0 Å². The molecule has 3 heteroatoms. The van der Waals surface area contributed by atoms with Crippen molar-refractivity contribution >= 4 is 11.3 Å². The van der Waals surface area contributed by atoms with Crippen LogP contribution in [-0.4, -0.2) is 19.8 Å². The van der Waals surface area contributed by atoms with Gasteiger partial charge in [0.1, 0.15) is 0 Å². The second-order valence-electron chi connectivity index (χ2n) is 4.52. The van der Waals surface area contributed by atoms with Crippen LogP contribution in [0.3, 0.4) is 0 Å². The van der Waals surface area contributed by atoms with E-state index in [1.165, 1.54) is 24.0 Å². The average Bonchev–Trinajstić information content (AvgIpc) is 2.73. The smallest absolute Gasteiger partial charge is 0.0512 e. The average molecular weight is 239 g/mol. The van der Waals surface area contributed by atoms with Crippen molar-refractivity contribution in [1.29, 1.82) is 0 Å². The molecule has 2 atom stereocenters. The highest BCUT2D eigenvalue weighted by atomic mass is 32.1. The fourth-order valence-electron chi connectivity index (χ4n) is 2.47. The van der Waals surface area contributed by atoms with Crippen LogP contribution in [0, 0.1) is 12.8 Å². The fraction of sp³-hybridized carbons (Fsp3) is 0.692. The minimum absolute atomic E-state index is 0.483. The van der Waals surface area contributed by atoms with Crippen molar-refractivity contribution in [2.24, 2.45) is 5.92 Å². The zero-order valence-corrected chi connectivity index (χ0v) is 11.0. The van der Waals surface area contributed by atoms with Crippen molar-refractivity contribution in [3.05, 3.63) is 21.9 Å². The Labute approximate surface area is 102 Å². The topological polar surface area (TPSA) is 21.3 Å². The molecule has 0 bridgehead atoms. The maximum Gasteiger partial charge on any atom is 0.0512 e. The molecule has 0 amide bonds. The first kappa shape index (κ1) is 12.1. The second kappa shape index (κ2) is 5.80. The molecule has 1 aliphatic rings. The van der Waals surface area contributed by atoms with E-state index >= 15 is 0 Å². The van der Waals surface area contributed by atoms with Crippen LogP contribution >= 0.6 is 11.3 Å². The molecule has 2 heterocycles. The molecule has 2 nitrogen and oxygen atoms in total. The summed E-state index contributed by atoms with van der Waals surface area (Å²) < 4.78 is 5.61. The Kier molecular flexibility index (Phi) is 4.38. The summed E-state index contributed by atoms with van der Waals surface area (Å²) in [7, 11) is 0. The third kappa shape index (κ3) is 2.65. The van der Waals surface area contributed by atoms with E-state index in [2.05, 4.69) is 29.9 Å². The van der Waals surface area contributed by atoms with Crippen LogP contribution in [0.2, 0.25) is 0 Å². The zero-order valence-electron chi connectivity index (χ0n) is 10.2. The number of rotatable bonds is 4. The third-order valence-electron chi connectivity index (χ3n) is 3.32. The molecule has 1 fully saturated rings. The minimum atomic E-state index is 0.483. The van der Waals surface area contributed by atoms with Crippen LogP contribution in [0.5, 0.6) is 0 Å². The largest absolute Gasteiger partial charge is 0.381 e. The Morgan fingerprint density at radius 1 is 1.56 bits per heavy atom. The first-order valence-corrected chi connectivity index (χ1v) is 7.11. The molecule has 1 aromatic rings. The van der Waals surface area contributed by atoms with Gasteiger partial charge in [-0.05, 0) is 48.2 Å². The molecule has 0 aromatic carbocycles. The van der Waals surface area contributed by atoms with Crippen LogP contribution < -0.4 is 5.32 Å². The summed E-state index contributed by atoms with van der Waals surface area (Å²) in [5.41, 5.74) is 2.89. The fourth-order valence-corrected chi connectivity index (χ4v) is 3.36. The molecular formula is C13H21NOS. The predicted molar refractivity (Wildman–Crippen MR) is 69.0 cm³/mol. The second-order valence-corrected chi connectivity index (χ2v) is 5.27. The SMILES string of the molecule is CCNC(c1cscc1C)C1CCCOC1. The first-order valence-electron chi connectivity index (χ1n) is 6.16. The Balaban J connectivity index is 2.12. The Morgan fingerprint density at radius 2 is 2.44 bits per heavy atom. The lowest BCUT2D eigenvalue weighted by atomic mass is 9.88. The lowest BCUT2D eigenvalue weighted by molar-refractivity contribution is 0.0392. The summed E-state index contributed by atoms with van der Waals surface area (Å²) in [6, 6.07) is 0.483. The van der Waals surface area contributed by atoms with Gasteiger partial charge in [0.15, 0.2) is 0 Å². The number of hydrogen-bond acceptors (Lipinski definition) is 3. The highest BCUT2D eigenvalue weighted by Gasteiger charge is 2.26. The molecule has 1 aliphatic heterocycles. The summed E-state index contributed by atoms with van der Waals surface area (Å²) in [5, 5.41) is 8.15. The van der Waals surface area contributed by atoms with Crippen LogP contribution in [-0.2, 0) is 4.74 Å². The van der Waals surface area contributed by atoms with Gasteiger partial charge in [0.25, 0.3) is 0 Å². The molecule has 1 N–H and O–H groups in total. The van der Waals surface area contributed by atoms with Crippen molar-refractivity contribution in [3.63, 3.8) is 0 Å². The van der Waals surface area contributed by atoms with E-state index in [1.54, 1.807) is 11.3 Å². The van der Waals surface area contributed by atoms with Crippen LogP contribution in [0.4, 0.5) is 0 Å². The molecule has 16 heavy (non-hydrogen) atoms. The van der Waals surface area contributed by atoms with Gasteiger partial charge < -0.3 is 10.1 Å². The van der Waals surface area contributed by atoms with Gasteiger partial charge in [0.2, 0.25) is 0 Å². The van der Waals surface area contributed by atoms with E-state index in [0.29, 0.717) is 12.0 Å². The Bertz CT molecular complexity index is 317. The molecule has 0 radical (unpaired) electrons. The van der Waals surface area contributed by atoms with Gasteiger partial charge in [-0.3, -0.25) is 0 Å². The van der Waals surface area contributed by atoms with Crippen molar-refractivity contribution in [2.45, 2.75) is 32.7 Å². The predicted octanol–water partition coefficient (Wildman–Crippen LogP) is 3.13. The van der Waals surface area contributed by atoms with Crippen molar-refractivity contribution < 1.29 is 4.74 Å². The van der Waals surface area contributed by atoms with E-state index in [1.807, 2.05) is 0 Å². The number of hydrogen-bond donors (Lipinski definition) is 1. The standard InChI is InChI=1S/C13H21NOS/c1-3-14-13(11-5-4-6-15-7-11)12-9-16-8-10(12)2/h8-9,11,13-14H,3-7H2,1-2H3. The van der Waals surface area contributed by atoms with E-state index in [-0.39, 0.29) is 0 Å². The minimum Gasteiger partial charge on any atom is -0.381 e. The summed E-state index contributed by atoms with van der Waals surface area (Å²) in [4.78, 5) is 0. The van der Waals surface area contributed by atoms with Gasteiger partial charge in [-0.1, -0.05) is 6.92 Å². The molecule has 0 spiro atoms. The van der Waals surface area contributed by atoms with Gasteiger partial charge in [-0.15, -0.1) is 0 Å². The van der Waals surface area contributed by atoms with Gasteiger partial charge in [-0.2, -0.15) is 11.3 Å². The molecule has 0 saturated carbocycles. The quantitative estimate of drug-likeness (QED) is 0.871. The molecule has 2 unspecified atom stereocenters. The lowest BCUT2D eigenvalue weighted by Crippen LogP contribution is -2.33. The number of aryl methyl sites for hydroxylation is 1. The maximum absolute atomic E-state index is 5.61. The van der Waals surface area contributed by atoms with Crippen LogP contribution in [0.15, 0.2) is 10.8 Å². The van der Waals surface area contributed by atoms with Gasteiger partial charge in [0, 0.05) is 18.6 Å². The third-order valence-corrected chi connectivity index (χ3v) is 4.20. The zero-order chi connectivity index (χ0) is 11.4. The van der Waals surface area contributed by atoms with Crippen molar-refractivity contribution in [1.82, 2.24) is 5.32 Å². The molecule has 0 aliphatic carbocycles. The summed E-state index contributed by atoms with van der Waals surface area (Å²) in [5.74, 6) is 0.641. The van der Waals surface area contributed by atoms with E-state index in [0.717, 1.165) is 19.8 Å². The summed E-state index contributed by atoms with van der Waals surface area (Å²) in [6.45, 7) is 7.26.